The van der Waals surface area contributed by atoms with Crippen LogP contribution in [0.1, 0.15) is 24.5 Å². The molecular formula is C25H24FN5O3. The van der Waals surface area contributed by atoms with Crippen LogP contribution in [0, 0.1) is 5.82 Å². The second-order valence-corrected chi connectivity index (χ2v) is 8.24. The van der Waals surface area contributed by atoms with Crippen molar-refractivity contribution in [3.05, 3.63) is 72.3 Å². The van der Waals surface area contributed by atoms with Gasteiger partial charge < -0.3 is 20.5 Å². The van der Waals surface area contributed by atoms with Crippen LogP contribution in [0.5, 0.6) is 11.5 Å². The Bertz CT molecular complexity index is 1330. The molecule has 1 fully saturated rings. The maximum Gasteiger partial charge on any atom is 0.248 e. The number of aromatic nitrogens is 3. The van der Waals surface area contributed by atoms with Crippen LogP contribution >= 0.6 is 0 Å². The molecule has 1 aliphatic heterocycles. The molecule has 9 heteroatoms. The molecule has 0 unspecified atom stereocenters. The minimum atomic E-state index is -0.469. The van der Waals surface area contributed by atoms with Crippen LogP contribution in [-0.4, -0.2) is 50.0 Å². The Balaban J connectivity index is 1.44. The number of likely N-dealkylation sites (tertiary alicyclic amines) is 1. The Morgan fingerprint density at radius 1 is 1.12 bits per heavy atom. The highest BCUT2D eigenvalue weighted by molar-refractivity contribution is 5.77. The van der Waals surface area contributed by atoms with E-state index in [1.54, 1.807) is 35.4 Å². The number of nitrogen functional groups attached to an aromatic ring is 1. The number of anilines is 1. The van der Waals surface area contributed by atoms with Gasteiger partial charge >= 0.3 is 0 Å². The van der Waals surface area contributed by atoms with Crippen molar-refractivity contribution in [3.8, 4) is 22.9 Å². The molecule has 1 aliphatic rings. The van der Waals surface area contributed by atoms with E-state index in [9.17, 15) is 9.18 Å². The molecular weight excluding hydrogens is 437 g/mol. The van der Waals surface area contributed by atoms with Crippen molar-refractivity contribution in [1.82, 2.24) is 19.3 Å². The van der Waals surface area contributed by atoms with Crippen molar-refractivity contribution >= 4 is 17.4 Å². The van der Waals surface area contributed by atoms with E-state index in [0.29, 0.717) is 36.4 Å². The van der Waals surface area contributed by atoms with Crippen molar-refractivity contribution in [3.63, 3.8) is 0 Å². The number of imidazole rings is 1. The number of carbonyl (C=O) groups excluding carboxylic acids is 1. The summed E-state index contributed by atoms with van der Waals surface area (Å²) in [4.78, 5) is 22.7. The average Bonchev–Trinajstić information content (AvgIpc) is 3.25. The molecule has 2 aromatic heterocycles. The average molecular weight is 461 g/mol. The highest BCUT2D eigenvalue weighted by Gasteiger charge is 2.28. The molecule has 174 valence electrons. The number of aliphatic hydroxyl groups is 1. The van der Waals surface area contributed by atoms with Crippen LogP contribution < -0.4 is 10.5 Å². The molecule has 1 amide bonds. The number of hydrogen-bond acceptors (Lipinski definition) is 6. The number of nitrogens with zero attached hydrogens (tertiary/aromatic N) is 4. The van der Waals surface area contributed by atoms with Gasteiger partial charge in [0, 0.05) is 36.8 Å². The standard InChI is InChI=1S/C25H24FN5O3/c26-18-2-1-3-20(14-18)34-19-6-4-17(5-7-19)24-29-23(21-8-11-28-25(27)31(21)24)16-9-12-30(13-10-16)22(33)15-32/h1-8,11,14,16,32H,9-10,12-13,15H2,(H2,27,28). The molecule has 8 nitrogen and oxygen atoms in total. The fourth-order valence-corrected chi connectivity index (χ4v) is 4.42. The minimum Gasteiger partial charge on any atom is -0.457 e. The summed E-state index contributed by atoms with van der Waals surface area (Å²) in [6, 6.07) is 15.2. The Hall–Kier alpha value is -3.98. The van der Waals surface area contributed by atoms with Gasteiger partial charge in [-0.15, -0.1) is 0 Å². The normalized spacial score (nSPS) is 14.5. The molecule has 0 saturated carbocycles. The maximum atomic E-state index is 13.4. The number of benzene rings is 2. The van der Waals surface area contributed by atoms with Crippen LogP contribution in [0.3, 0.4) is 0 Å². The van der Waals surface area contributed by atoms with Crippen LogP contribution in [0.25, 0.3) is 16.9 Å². The third-order valence-corrected chi connectivity index (χ3v) is 6.12. The molecule has 5 rings (SSSR count). The SMILES string of the molecule is Nc1nccc2c(C3CCN(C(=O)CO)CC3)nc(-c3ccc(Oc4cccc(F)c4)cc3)n12. The second kappa shape index (κ2) is 9.11. The number of amides is 1. The van der Waals surface area contributed by atoms with E-state index in [-0.39, 0.29) is 17.6 Å². The summed E-state index contributed by atoms with van der Waals surface area (Å²) in [7, 11) is 0. The summed E-state index contributed by atoms with van der Waals surface area (Å²) in [6.07, 6.45) is 3.17. The molecule has 1 saturated heterocycles. The summed E-state index contributed by atoms with van der Waals surface area (Å²) in [5, 5.41) is 9.13. The van der Waals surface area contributed by atoms with E-state index >= 15 is 0 Å². The molecule has 0 radical (unpaired) electrons. The zero-order valence-electron chi connectivity index (χ0n) is 18.4. The topological polar surface area (TPSA) is 106 Å². The smallest absolute Gasteiger partial charge is 0.248 e. The summed E-state index contributed by atoms with van der Waals surface area (Å²) in [6.45, 7) is 0.680. The van der Waals surface area contributed by atoms with Crippen LogP contribution in [0.15, 0.2) is 60.8 Å². The van der Waals surface area contributed by atoms with E-state index < -0.39 is 6.61 Å². The summed E-state index contributed by atoms with van der Waals surface area (Å²) in [5.41, 5.74) is 8.87. The number of aliphatic hydroxyl groups excluding tert-OH is 1. The lowest BCUT2D eigenvalue weighted by Gasteiger charge is -2.31. The fourth-order valence-electron chi connectivity index (χ4n) is 4.42. The van der Waals surface area contributed by atoms with Gasteiger partial charge in [-0.05, 0) is 55.3 Å². The highest BCUT2D eigenvalue weighted by Crippen LogP contribution is 2.35. The van der Waals surface area contributed by atoms with Crippen molar-refractivity contribution in [2.75, 3.05) is 25.4 Å². The third kappa shape index (κ3) is 4.17. The van der Waals surface area contributed by atoms with Crippen LogP contribution in [0.2, 0.25) is 0 Å². The van der Waals surface area contributed by atoms with Gasteiger partial charge in [0.2, 0.25) is 11.9 Å². The number of carbonyl (C=O) groups is 1. The molecule has 0 spiro atoms. The van der Waals surface area contributed by atoms with Gasteiger partial charge in [-0.3, -0.25) is 9.20 Å². The molecule has 0 bridgehead atoms. The van der Waals surface area contributed by atoms with Gasteiger partial charge in [0.15, 0.2) is 0 Å². The van der Waals surface area contributed by atoms with Crippen LogP contribution in [0.4, 0.5) is 10.3 Å². The quantitative estimate of drug-likeness (QED) is 0.470. The molecule has 34 heavy (non-hydrogen) atoms. The number of nitrogens with two attached hydrogens (primary N) is 1. The molecule has 3 heterocycles. The van der Waals surface area contributed by atoms with Crippen LogP contribution in [-0.2, 0) is 4.79 Å². The van der Waals surface area contributed by atoms with E-state index in [1.165, 1.54) is 12.1 Å². The van der Waals surface area contributed by atoms with Gasteiger partial charge in [-0.1, -0.05) is 6.07 Å². The maximum absolute atomic E-state index is 13.4. The highest BCUT2D eigenvalue weighted by atomic mass is 19.1. The predicted octanol–water partition coefficient (Wildman–Crippen LogP) is 3.61. The Morgan fingerprint density at radius 3 is 2.59 bits per heavy atom. The molecule has 0 aliphatic carbocycles. The Kier molecular flexibility index (Phi) is 5.85. The van der Waals surface area contributed by atoms with Crippen molar-refractivity contribution in [1.29, 1.82) is 0 Å². The van der Waals surface area contributed by atoms with Crippen molar-refractivity contribution in [2.45, 2.75) is 18.8 Å². The van der Waals surface area contributed by atoms with Gasteiger partial charge in [0.25, 0.3) is 0 Å². The van der Waals surface area contributed by atoms with Gasteiger partial charge in [0.1, 0.15) is 29.7 Å². The first-order valence-corrected chi connectivity index (χ1v) is 11.1. The first-order chi connectivity index (χ1) is 16.5. The first-order valence-electron chi connectivity index (χ1n) is 11.1. The van der Waals surface area contributed by atoms with Gasteiger partial charge in [-0.25, -0.2) is 14.4 Å². The lowest BCUT2D eigenvalue weighted by Crippen LogP contribution is -2.39. The predicted molar refractivity (Wildman–Crippen MR) is 125 cm³/mol. The van der Waals surface area contributed by atoms with Gasteiger partial charge in [0.05, 0.1) is 11.2 Å². The Morgan fingerprint density at radius 2 is 1.88 bits per heavy atom. The lowest BCUT2D eigenvalue weighted by atomic mass is 9.93. The van der Waals surface area contributed by atoms with E-state index in [4.69, 9.17) is 20.6 Å². The number of piperidine rings is 1. The van der Waals surface area contributed by atoms with Crippen molar-refractivity contribution in [2.24, 2.45) is 0 Å². The first kappa shape index (κ1) is 21.8. The second-order valence-electron chi connectivity index (χ2n) is 8.24. The van der Waals surface area contributed by atoms with Crippen molar-refractivity contribution < 1.29 is 19.0 Å². The third-order valence-electron chi connectivity index (χ3n) is 6.12. The minimum absolute atomic E-state index is 0.156. The Labute approximate surface area is 195 Å². The number of rotatable bonds is 5. The summed E-state index contributed by atoms with van der Waals surface area (Å²) in [5.74, 6) is 1.54. The number of fused-ring (bicyclic) bond motifs is 1. The number of ether oxygens (including phenoxy) is 1. The summed E-state index contributed by atoms with van der Waals surface area (Å²) < 4.78 is 21.0. The number of halogens is 1. The van der Waals surface area contributed by atoms with E-state index in [1.807, 2.05) is 22.6 Å². The molecule has 2 aromatic carbocycles. The monoisotopic (exact) mass is 461 g/mol. The number of hydrogen-bond donors (Lipinski definition) is 2. The lowest BCUT2D eigenvalue weighted by molar-refractivity contribution is -0.135. The van der Waals surface area contributed by atoms with Gasteiger partial charge in [-0.2, -0.15) is 0 Å². The zero-order valence-corrected chi connectivity index (χ0v) is 18.4. The van der Waals surface area contributed by atoms with E-state index in [0.717, 1.165) is 29.6 Å². The molecule has 4 aromatic rings. The summed E-state index contributed by atoms with van der Waals surface area (Å²) >= 11 is 0. The fraction of sp³-hybridized carbons (Fsp3) is 0.240. The molecule has 0 atom stereocenters. The molecule has 3 N–H and O–H groups in total. The largest absolute Gasteiger partial charge is 0.457 e. The zero-order chi connectivity index (χ0) is 23.7. The van der Waals surface area contributed by atoms with E-state index in [2.05, 4.69) is 4.98 Å².